The average Bonchev–Trinajstić information content (AvgIpc) is 3.56. The number of rotatable bonds is 12. The molecular weight excluding hydrogens is 356 g/mol. The molecule has 0 N–H and O–H groups in total. The van der Waals surface area contributed by atoms with Gasteiger partial charge in [0, 0.05) is 43.7 Å². The number of ether oxygens (including phenoxy) is 4. The lowest BCUT2D eigenvalue weighted by Gasteiger charge is -2.53. The van der Waals surface area contributed by atoms with Gasteiger partial charge in [-0.25, -0.2) is 0 Å². The lowest BCUT2D eigenvalue weighted by Crippen LogP contribution is -2.59. The van der Waals surface area contributed by atoms with Crippen LogP contribution in [0, 0.1) is 5.41 Å². The van der Waals surface area contributed by atoms with Gasteiger partial charge in [0.05, 0.1) is 50.8 Å². The molecule has 0 radical (unpaired) electrons. The summed E-state index contributed by atoms with van der Waals surface area (Å²) in [5.74, 6) is 0. The molecule has 0 aromatic rings. The average molecular weight is 395 g/mol. The van der Waals surface area contributed by atoms with E-state index in [1.165, 1.54) is 32.1 Å². The van der Waals surface area contributed by atoms with Crippen molar-refractivity contribution in [3.63, 3.8) is 0 Å². The van der Waals surface area contributed by atoms with Gasteiger partial charge in [0.15, 0.2) is 0 Å². The molecule has 4 aliphatic heterocycles. The molecule has 4 saturated heterocycles. The van der Waals surface area contributed by atoms with Gasteiger partial charge in [-0.05, 0) is 26.7 Å². The predicted octanol–water partition coefficient (Wildman–Crippen LogP) is 1.91. The second kappa shape index (κ2) is 8.12. The quantitative estimate of drug-likeness (QED) is 0.472. The van der Waals surface area contributed by atoms with E-state index < -0.39 is 0 Å². The van der Waals surface area contributed by atoms with Crippen LogP contribution < -0.4 is 0 Å². The summed E-state index contributed by atoms with van der Waals surface area (Å²) in [6.07, 6.45) is 8.51. The van der Waals surface area contributed by atoms with Crippen molar-refractivity contribution in [2.45, 2.75) is 82.5 Å². The summed E-state index contributed by atoms with van der Waals surface area (Å²) in [6, 6.07) is 1.08. The van der Waals surface area contributed by atoms with Crippen molar-refractivity contribution in [1.82, 2.24) is 9.80 Å². The van der Waals surface area contributed by atoms with Crippen LogP contribution in [0.2, 0.25) is 0 Å². The minimum absolute atomic E-state index is 0.325. The monoisotopic (exact) mass is 394 g/mol. The van der Waals surface area contributed by atoms with E-state index in [-0.39, 0.29) is 0 Å². The van der Waals surface area contributed by atoms with Crippen molar-refractivity contribution < 1.29 is 18.9 Å². The number of hydrogen-bond donors (Lipinski definition) is 0. The van der Waals surface area contributed by atoms with Gasteiger partial charge >= 0.3 is 0 Å². The Labute approximate surface area is 169 Å². The van der Waals surface area contributed by atoms with Crippen molar-refractivity contribution in [1.29, 1.82) is 0 Å². The first-order valence-electron chi connectivity index (χ1n) is 11.6. The molecule has 0 spiro atoms. The molecule has 6 unspecified atom stereocenters. The first-order chi connectivity index (χ1) is 13.6. The second-order valence-electron chi connectivity index (χ2n) is 9.87. The molecule has 5 rings (SSSR count). The molecule has 6 heteroatoms. The minimum Gasteiger partial charge on any atom is -0.372 e. The topological polar surface area (TPSA) is 56.6 Å². The third-order valence-electron chi connectivity index (χ3n) is 7.91. The van der Waals surface area contributed by atoms with Crippen molar-refractivity contribution in [3.05, 3.63) is 0 Å². The Balaban J connectivity index is 1.35. The lowest BCUT2D eigenvalue weighted by atomic mass is 9.64. The van der Waals surface area contributed by atoms with Crippen LogP contribution in [0.1, 0.15) is 46.0 Å². The molecule has 5 fully saturated rings. The Hall–Kier alpha value is -0.240. The lowest BCUT2D eigenvalue weighted by molar-refractivity contribution is -0.0382. The number of nitrogens with zero attached hydrogens (tertiary/aromatic N) is 2. The normalized spacial score (nSPS) is 37.7. The van der Waals surface area contributed by atoms with Gasteiger partial charge in [0.25, 0.3) is 0 Å². The number of hydrogen-bond acceptors (Lipinski definition) is 6. The first-order valence-corrected chi connectivity index (χ1v) is 11.6. The molecule has 0 aromatic carbocycles. The van der Waals surface area contributed by atoms with E-state index in [0.717, 1.165) is 52.6 Å². The maximum absolute atomic E-state index is 5.62. The molecule has 28 heavy (non-hydrogen) atoms. The molecule has 0 bridgehead atoms. The van der Waals surface area contributed by atoms with E-state index in [4.69, 9.17) is 18.9 Å². The smallest absolute Gasteiger partial charge is 0.0936 e. The fourth-order valence-electron chi connectivity index (χ4n) is 5.64. The van der Waals surface area contributed by atoms with Crippen LogP contribution in [0.25, 0.3) is 0 Å². The van der Waals surface area contributed by atoms with Gasteiger partial charge < -0.3 is 18.9 Å². The second-order valence-corrected chi connectivity index (χ2v) is 9.87. The van der Waals surface area contributed by atoms with Crippen LogP contribution in [-0.2, 0) is 18.9 Å². The third kappa shape index (κ3) is 4.73. The van der Waals surface area contributed by atoms with Crippen LogP contribution in [0.3, 0.4) is 0 Å². The fraction of sp³-hybridized carbons (Fsp3) is 1.00. The van der Waals surface area contributed by atoms with Crippen molar-refractivity contribution >= 4 is 0 Å². The molecule has 0 amide bonds. The molecule has 6 atom stereocenters. The highest BCUT2D eigenvalue weighted by atomic mass is 16.6. The van der Waals surface area contributed by atoms with Crippen LogP contribution in [-0.4, -0.2) is 98.9 Å². The fourth-order valence-corrected chi connectivity index (χ4v) is 5.64. The van der Waals surface area contributed by atoms with E-state index in [2.05, 4.69) is 23.6 Å². The van der Waals surface area contributed by atoms with Crippen LogP contribution in [0.15, 0.2) is 0 Å². The van der Waals surface area contributed by atoms with Crippen LogP contribution >= 0.6 is 0 Å². The SMILES string of the molecule is CC(N(CC1CO1)CC1CO1)C1(C(C)N(CC2CO2)CC2CO2)CCCCC1. The molecule has 1 aliphatic carbocycles. The molecule has 5 aliphatic rings. The Bertz CT molecular complexity index is 457. The molecule has 4 heterocycles. The summed E-state index contributed by atoms with van der Waals surface area (Å²) in [5, 5.41) is 0. The molecule has 1 saturated carbocycles. The van der Waals surface area contributed by atoms with Crippen molar-refractivity contribution in [3.8, 4) is 0 Å². The highest BCUT2D eigenvalue weighted by Gasteiger charge is 2.49. The van der Waals surface area contributed by atoms with Crippen molar-refractivity contribution in [2.75, 3.05) is 52.6 Å². The van der Waals surface area contributed by atoms with Gasteiger partial charge in [-0.1, -0.05) is 19.3 Å². The first kappa shape index (κ1) is 19.7. The maximum Gasteiger partial charge on any atom is 0.0936 e. The van der Waals surface area contributed by atoms with Gasteiger partial charge in [0.2, 0.25) is 0 Å². The number of epoxide rings is 4. The summed E-state index contributed by atoms with van der Waals surface area (Å²) < 4.78 is 22.5. The van der Waals surface area contributed by atoms with Crippen LogP contribution in [0.4, 0.5) is 0 Å². The van der Waals surface area contributed by atoms with Crippen LogP contribution in [0.5, 0.6) is 0 Å². The largest absolute Gasteiger partial charge is 0.372 e. The summed E-state index contributed by atoms with van der Waals surface area (Å²) in [7, 11) is 0. The summed E-state index contributed by atoms with van der Waals surface area (Å²) >= 11 is 0. The van der Waals surface area contributed by atoms with Crippen molar-refractivity contribution in [2.24, 2.45) is 5.41 Å². The molecule has 0 aromatic heterocycles. The highest BCUT2D eigenvalue weighted by Crippen LogP contribution is 2.47. The summed E-state index contributed by atoms with van der Waals surface area (Å²) in [5.41, 5.74) is 0.325. The Morgan fingerprint density at radius 2 is 0.964 bits per heavy atom. The van der Waals surface area contributed by atoms with E-state index in [9.17, 15) is 0 Å². The summed E-state index contributed by atoms with van der Waals surface area (Å²) in [6.45, 7) is 13.0. The standard InChI is InChI=1S/C22H38N2O4/c1-16(23(8-18-12-25-18)9-19-13-26-19)22(6-4-3-5-7-22)17(2)24(10-20-14-27-20)11-21-15-28-21/h16-21H,3-15H2,1-2H3. The zero-order chi connectivity index (χ0) is 19.1. The van der Waals surface area contributed by atoms with Gasteiger partial charge in [-0.15, -0.1) is 0 Å². The Morgan fingerprint density at radius 3 is 1.25 bits per heavy atom. The highest BCUT2D eigenvalue weighted by molar-refractivity contribution is 5.02. The molecular formula is C22H38N2O4. The van der Waals surface area contributed by atoms with Gasteiger partial charge in [-0.2, -0.15) is 0 Å². The van der Waals surface area contributed by atoms with E-state index in [1.807, 2.05) is 0 Å². The Morgan fingerprint density at radius 1 is 0.643 bits per heavy atom. The summed E-state index contributed by atoms with van der Waals surface area (Å²) in [4.78, 5) is 5.41. The van der Waals surface area contributed by atoms with E-state index >= 15 is 0 Å². The minimum atomic E-state index is 0.325. The predicted molar refractivity (Wildman–Crippen MR) is 107 cm³/mol. The van der Waals surface area contributed by atoms with Gasteiger partial charge in [-0.3, -0.25) is 9.80 Å². The van der Waals surface area contributed by atoms with E-state index in [1.54, 1.807) is 0 Å². The third-order valence-corrected chi connectivity index (χ3v) is 7.91. The van der Waals surface area contributed by atoms with Gasteiger partial charge in [0.1, 0.15) is 0 Å². The molecule has 160 valence electrons. The Kier molecular flexibility index (Phi) is 5.72. The zero-order valence-electron chi connectivity index (χ0n) is 17.7. The molecule has 6 nitrogen and oxygen atoms in total. The zero-order valence-corrected chi connectivity index (χ0v) is 17.7. The van der Waals surface area contributed by atoms with E-state index in [0.29, 0.717) is 41.9 Å². The maximum atomic E-state index is 5.62.